The van der Waals surface area contributed by atoms with Gasteiger partial charge in [0.05, 0.1) is 0 Å². The first-order chi connectivity index (χ1) is 8.68. The Morgan fingerprint density at radius 3 is 2.89 bits per heavy atom. The number of carbonyl (C=O) groups excluding carboxylic acids is 1. The van der Waals surface area contributed by atoms with Crippen molar-refractivity contribution in [1.82, 2.24) is 10.2 Å². The van der Waals surface area contributed by atoms with Crippen LogP contribution < -0.4 is 5.32 Å². The second-order valence-electron chi connectivity index (χ2n) is 4.68. The van der Waals surface area contributed by atoms with Crippen molar-refractivity contribution in [2.75, 3.05) is 19.6 Å². The molecule has 1 aromatic carbocycles. The molecule has 1 amide bonds. The van der Waals surface area contributed by atoms with Gasteiger partial charge in [0.15, 0.2) is 0 Å². The van der Waals surface area contributed by atoms with Crippen molar-refractivity contribution in [3.05, 3.63) is 34.3 Å². The van der Waals surface area contributed by atoms with Gasteiger partial charge >= 0.3 is 0 Å². The first-order valence-electron chi connectivity index (χ1n) is 6.44. The molecule has 0 aromatic heterocycles. The summed E-state index contributed by atoms with van der Waals surface area (Å²) in [5, 5.41) is 3.46. The second-order valence-corrected chi connectivity index (χ2v) is 5.54. The van der Waals surface area contributed by atoms with E-state index in [4.69, 9.17) is 0 Å². The summed E-state index contributed by atoms with van der Waals surface area (Å²) < 4.78 is 1.13. The third-order valence-corrected chi connectivity index (χ3v) is 4.10. The van der Waals surface area contributed by atoms with Gasteiger partial charge in [-0.05, 0) is 25.0 Å². The van der Waals surface area contributed by atoms with Crippen LogP contribution in [0.3, 0.4) is 0 Å². The highest BCUT2D eigenvalue weighted by molar-refractivity contribution is 9.10. The number of rotatable bonds is 5. The van der Waals surface area contributed by atoms with Crippen LogP contribution >= 0.6 is 15.9 Å². The van der Waals surface area contributed by atoms with Crippen molar-refractivity contribution in [1.29, 1.82) is 0 Å². The Kier molecular flexibility index (Phi) is 4.78. The van der Waals surface area contributed by atoms with Crippen molar-refractivity contribution < 1.29 is 4.79 Å². The zero-order valence-electron chi connectivity index (χ0n) is 10.7. The Morgan fingerprint density at radius 1 is 1.44 bits per heavy atom. The van der Waals surface area contributed by atoms with E-state index in [1.807, 2.05) is 17.0 Å². The van der Waals surface area contributed by atoms with E-state index in [1.165, 1.54) is 5.56 Å². The van der Waals surface area contributed by atoms with Crippen molar-refractivity contribution in [3.63, 3.8) is 0 Å². The molecule has 0 spiro atoms. The van der Waals surface area contributed by atoms with E-state index in [9.17, 15) is 4.79 Å². The Bertz CT molecular complexity index is 422. The van der Waals surface area contributed by atoms with Gasteiger partial charge in [-0.15, -0.1) is 0 Å². The first kappa shape index (κ1) is 13.6. The molecule has 0 aliphatic carbocycles. The van der Waals surface area contributed by atoms with Crippen LogP contribution in [0, 0.1) is 0 Å². The van der Waals surface area contributed by atoms with E-state index in [1.54, 1.807) is 0 Å². The van der Waals surface area contributed by atoms with E-state index >= 15 is 0 Å². The number of hydrogen-bond acceptors (Lipinski definition) is 2. The minimum atomic E-state index is 0.290. The Hall–Kier alpha value is -0.870. The third-order valence-electron chi connectivity index (χ3n) is 3.38. The predicted octanol–water partition coefficient (Wildman–Crippen LogP) is 2.72. The monoisotopic (exact) mass is 310 g/mol. The molecule has 1 fully saturated rings. The Labute approximate surface area is 117 Å². The molecule has 18 heavy (non-hydrogen) atoms. The molecule has 2 rings (SSSR count). The minimum absolute atomic E-state index is 0.290. The maximum atomic E-state index is 11.5. The summed E-state index contributed by atoms with van der Waals surface area (Å²) in [6, 6.07) is 8.52. The van der Waals surface area contributed by atoms with Gasteiger partial charge in [-0.2, -0.15) is 0 Å². The number of benzene rings is 1. The van der Waals surface area contributed by atoms with Crippen molar-refractivity contribution in [3.8, 4) is 0 Å². The number of carbonyl (C=O) groups is 1. The molecule has 1 saturated heterocycles. The standard InChI is InChI=1S/C14H19BrN2O/c1-11(12-5-2-3-6-13(12)15)16-8-10-17-9-4-7-14(17)18/h2-3,5-6,11,16H,4,7-10H2,1H3/t11-/m1/s1. The molecule has 1 aliphatic rings. The summed E-state index contributed by atoms with van der Waals surface area (Å²) in [6.45, 7) is 4.72. The summed E-state index contributed by atoms with van der Waals surface area (Å²) in [5.74, 6) is 0.297. The van der Waals surface area contributed by atoms with E-state index in [0.717, 1.165) is 36.9 Å². The second kappa shape index (κ2) is 6.34. The quantitative estimate of drug-likeness (QED) is 0.907. The van der Waals surface area contributed by atoms with Crippen LogP contribution in [-0.2, 0) is 4.79 Å². The van der Waals surface area contributed by atoms with E-state index in [0.29, 0.717) is 11.9 Å². The van der Waals surface area contributed by atoms with E-state index in [-0.39, 0.29) is 0 Å². The average Bonchev–Trinajstić information content (AvgIpc) is 2.75. The van der Waals surface area contributed by atoms with Gasteiger partial charge in [0.1, 0.15) is 0 Å². The number of likely N-dealkylation sites (tertiary alicyclic amines) is 1. The lowest BCUT2D eigenvalue weighted by Gasteiger charge is -2.19. The lowest BCUT2D eigenvalue weighted by molar-refractivity contribution is -0.127. The molecule has 0 radical (unpaired) electrons. The van der Waals surface area contributed by atoms with Crippen LogP contribution in [0.5, 0.6) is 0 Å². The fourth-order valence-corrected chi connectivity index (χ4v) is 2.92. The number of nitrogens with one attached hydrogen (secondary N) is 1. The van der Waals surface area contributed by atoms with Crippen LogP contribution in [0.2, 0.25) is 0 Å². The summed E-state index contributed by atoms with van der Waals surface area (Å²) in [4.78, 5) is 13.4. The largest absolute Gasteiger partial charge is 0.341 e. The zero-order valence-corrected chi connectivity index (χ0v) is 12.2. The van der Waals surface area contributed by atoms with Gasteiger partial charge < -0.3 is 10.2 Å². The van der Waals surface area contributed by atoms with Crippen LogP contribution in [0.1, 0.15) is 31.4 Å². The predicted molar refractivity (Wildman–Crippen MR) is 76.4 cm³/mol. The maximum absolute atomic E-state index is 11.5. The molecule has 98 valence electrons. The van der Waals surface area contributed by atoms with Gasteiger partial charge in [-0.3, -0.25) is 4.79 Å². The van der Waals surface area contributed by atoms with Gasteiger partial charge in [0.25, 0.3) is 0 Å². The molecule has 1 N–H and O–H groups in total. The normalized spacial score (nSPS) is 17.2. The molecule has 3 nitrogen and oxygen atoms in total. The molecular weight excluding hydrogens is 292 g/mol. The molecule has 0 bridgehead atoms. The van der Waals surface area contributed by atoms with Crippen LogP contribution in [0.15, 0.2) is 28.7 Å². The first-order valence-corrected chi connectivity index (χ1v) is 7.23. The number of hydrogen-bond donors (Lipinski definition) is 1. The van der Waals surface area contributed by atoms with Gasteiger partial charge in [-0.25, -0.2) is 0 Å². The fraction of sp³-hybridized carbons (Fsp3) is 0.500. The van der Waals surface area contributed by atoms with Crippen LogP contribution in [-0.4, -0.2) is 30.4 Å². The molecular formula is C14H19BrN2O. The number of amides is 1. The molecule has 1 aliphatic heterocycles. The van der Waals surface area contributed by atoms with Gasteiger partial charge in [0.2, 0.25) is 5.91 Å². The molecule has 1 heterocycles. The fourth-order valence-electron chi connectivity index (χ4n) is 2.29. The zero-order chi connectivity index (χ0) is 13.0. The summed E-state index contributed by atoms with van der Waals surface area (Å²) in [7, 11) is 0. The lowest BCUT2D eigenvalue weighted by Crippen LogP contribution is -2.33. The van der Waals surface area contributed by atoms with E-state index in [2.05, 4.69) is 40.3 Å². The molecule has 4 heteroatoms. The highest BCUT2D eigenvalue weighted by Crippen LogP contribution is 2.22. The number of nitrogens with zero attached hydrogens (tertiary/aromatic N) is 1. The summed E-state index contributed by atoms with van der Waals surface area (Å²) in [5.41, 5.74) is 1.25. The minimum Gasteiger partial charge on any atom is -0.341 e. The highest BCUT2D eigenvalue weighted by Gasteiger charge is 2.19. The molecule has 1 aromatic rings. The lowest BCUT2D eigenvalue weighted by atomic mass is 10.1. The maximum Gasteiger partial charge on any atom is 0.222 e. The van der Waals surface area contributed by atoms with Crippen molar-refractivity contribution in [2.45, 2.75) is 25.8 Å². The van der Waals surface area contributed by atoms with Crippen molar-refractivity contribution >= 4 is 21.8 Å². The smallest absolute Gasteiger partial charge is 0.222 e. The Balaban J connectivity index is 1.80. The van der Waals surface area contributed by atoms with Crippen LogP contribution in [0.4, 0.5) is 0 Å². The van der Waals surface area contributed by atoms with Gasteiger partial charge in [-0.1, -0.05) is 34.1 Å². The molecule has 0 unspecified atom stereocenters. The van der Waals surface area contributed by atoms with E-state index < -0.39 is 0 Å². The topological polar surface area (TPSA) is 32.3 Å². The average molecular weight is 311 g/mol. The summed E-state index contributed by atoms with van der Waals surface area (Å²) in [6.07, 6.45) is 1.73. The van der Waals surface area contributed by atoms with Crippen LogP contribution in [0.25, 0.3) is 0 Å². The highest BCUT2D eigenvalue weighted by atomic mass is 79.9. The third kappa shape index (κ3) is 3.33. The summed E-state index contributed by atoms with van der Waals surface area (Å²) >= 11 is 3.56. The Morgan fingerprint density at radius 2 is 2.22 bits per heavy atom. The molecule has 0 saturated carbocycles. The van der Waals surface area contributed by atoms with Crippen molar-refractivity contribution in [2.24, 2.45) is 0 Å². The SMILES string of the molecule is C[C@@H](NCCN1CCCC1=O)c1ccccc1Br. The van der Waals surface area contributed by atoms with Gasteiger partial charge in [0, 0.05) is 36.6 Å². The molecule has 1 atom stereocenters. The number of halogens is 1.